The van der Waals surface area contributed by atoms with Crippen molar-refractivity contribution in [3.8, 4) is 0 Å². The van der Waals surface area contributed by atoms with Crippen LogP contribution >= 0.6 is 0 Å². The Morgan fingerprint density at radius 3 is 2.15 bits per heavy atom. The van der Waals surface area contributed by atoms with Gasteiger partial charge in [-0.2, -0.15) is 0 Å². The molecule has 12 nitrogen and oxygen atoms in total. The molecule has 2 aliphatic rings. The smallest absolute Gasteiger partial charge is 0.308 e. The molecule has 0 spiro atoms. The van der Waals surface area contributed by atoms with Crippen LogP contribution < -0.4 is 10.6 Å². The zero-order valence-corrected chi connectivity index (χ0v) is 25.2. The predicted molar refractivity (Wildman–Crippen MR) is 148 cm³/mol. The number of carbonyl (C=O) groups is 6. The summed E-state index contributed by atoms with van der Waals surface area (Å²) in [4.78, 5) is 83.5. The Morgan fingerprint density at radius 2 is 1.57 bits per heavy atom. The highest BCUT2D eigenvalue weighted by Crippen LogP contribution is 2.23. The number of hydrogen-bond donors (Lipinski definition) is 2. The SMILES string of the molecule is CCC1NC(=O)C2CCCN2C(=O)C(CC(C)C)OC(=O)CCNC(=O)C(C)N(C)C(=O)C(C(C)C)N(C)C1=O. The van der Waals surface area contributed by atoms with E-state index in [1.165, 1.54) is 28.8 Å². The van der Waals surface area contributed by atoms with Crippen LogP contribution in [0.25, 0.3) is 0 Å². The summed E-state index contributed by atoms with van der Waals surface area (Å²) in [7, 11) is 3.01. The lowest BCUT2D eigenvalue weighted by atomic mass is 9.99. The number of nitrogens with zero attached hydrogens (tertiary/aromatic N) is 3. The van der Waals surface area contributed by atoms with Gasteiger partial charge in [0.1, 0.15) is 24.2 Å². The number of rotatable bonds is 4. The fourth-order valence-electron chi connectivity index (χ4n) is 5.23. The van der Waals surface area contributed by atoms with Gasteiger partial charge in [0.05, 0.1) is 6.42 Å². The Hall–Kier alpha value is -3.18. The van der Waals surface area contributed by atoms with Crippen LogP contribution in [-0.4, -0.2) is 108 Å². The summed E-state index contributed by atoms with van der Waals surface area (Å²) >= 11 is 0. The Kier molecular flexibility index (Phi) is 11.9. The molecule has 5 amide bonds. The third-order valence-electron chi connectivity index (χ3n) is 7.68. The van der Waals surface area contributed by atoms with Crippen LogP contribution in [0, 0.1) is 11.8 Å². The molecule has 0 aromatic heterocycles. The summed E-state index contributed by atoms with van der Waals surface area (Å²) in [6, 6.07) is -3.47. The van der Waals surface area contributed by atoms with Crippen LogP contribution in [-0.2, 0) is 33.5 Å². The molecule has 0 aromatic rings. The second-order valence-electron chi connectivity index (χ2n) is 11.6. The number of ether oxygens (including phenoxy) is 1. The van der Waals surface area contributed by atoms with Gasteiger partial charge >= 0.3 is 5.97 Å². The predicted octanol–water partition coefficient (Wildman–Crippen LogP) is 0.680. The Balaban J connectivity index is 2.46. The highest BCUT2D eigenvalue weighted by Gasteiger charge is 2.41. The number of likely N-dealkylation sites (N-methyl/N-ethyl adjacent to an activating group) is 2. The summed E-state index contributed by atoms with van der Waals surface area (Å²) in [5, 5.41) is 5.45. The molecule has 0 saturated carbocycles. The van der Waals surface area contributed by atoms with Crippen LogP contribution in [0.3, 0.4) is 0 Å². The highest BCUT2D eigenvalue weighted by atomic mass is 16.5. The van der Waals surface area contributed by atoms with E-state index < -0.39 is 65.8 Å². The van der Waals surface area contributed by atoms with Crippen molar-refractivity contribution in [2.45, 2.75) is 104 Å². The van der Waals surface area contributed by atoms with E-state index in [4.69, 9.17) is 4.74 Å². The molecule has 12 heteroatoms. The number of esters is 1. The Bertz CT molecular complexity index is 969. The van der Waals surface area contributed by atoms with Gasteiger partial charge in [-0.3, -0.25) is 28.8 Å². The first-order valence-corrected chi connectivity index (χ1v) is 14.3. The fourth-order valence-corrected chi connectivity index (χ4v) is 5.23. The van der Waals surface area contributed by atoms with Crippen molar-refractivity contribution in [3.63, 3.8) is 0 Å². The second kappa shape index (κ2) is 14.5. The van der Waals surface area contributed by atoms with E-state index in [0.29, 0.717) is 19.4 Å². The quantitative estimate of drug-likeness (QED) is 0.477. The van der Waals surface area contributed by atoms with Crippen LogP contribution in [0.4, 0.5) is 0 Å². The van der Waals surface area contributed by atoms with Crippen molar-refractivity contribution < 1.29 is 33.5 Å². The first-order valence-electron chi connectivity index (χ1n) is 14.3. The van der Waals surface area contributed by atoms with E-state index >= 15 is 0 Å². The number of hydrogen-bond acceptors (Lipinski definition) is 7. The number of fused-ring (bicyclic) bond motifs is 1. The molecule has 2 saturated heterocycles. The molecule has 0 bridgehead atoms. The monoisotopic (exact) mass is 565 g/mol. The summed E-state index contributed by atoms with van der Waals surface area (Å²) in [6.45, 7) is 11.0. The van der Waals surface area contributed by atoms with E-state index in [0.717, 1.165) is 0 Å². The molecular weight excluding hydrogens is 518 g/mol. The van der Waals surface area contributed by atoms with Gasteiger partial charge < -0.3 is 30.1 Å². The molecule has 2 fully saturated rings. The lowest BCUT2D eigenvalue weighted by Crippen LogP contribution is -2.59. The molecule has 226 valence electrons. The number of cyclic esters (lactones) is 1. The fraction of sp³-hybridized carbons (Fsp3) is 0.786. The lowest BCUT2D eigenvalue weighted by molar-refractivity contribution is -0.162. The van der Waals surface area contributed by atoms with Crippen molar-refractivity contribution in [3.05, 3.63) is 0 Å². The molecule has 40 heavy (non-hydrogen) atoms. The van der Waals surface area contributed by atoms with Gasteiger partial charge in [0.15, 0.2) is 6.10 Å². The average Bonchev–Trinajstić information content (AvgIpc) is 3.38. The van der Waals surface area contributed by atoms with E-state index in [1.807, 2.05) is 13.8 Å². The van der Waals surface area contributed by atoms with Crippen LogP contribution in [0.5, 0.6) is 0 Å². The van der Waals surface area contributed by atoms with Gasteiger partial charge in [-0.25, -0.2) is 0 Å². The van der Waals surface area contributed by atoms with E-state index in [-0.39, 0.29) is 37.6 Å². The minimum absolute atomic E-state index is 0.0362. The van der Waals surface area contributed by atoms with Crippen molar-refractivity contribution in [1.29, 1.82) is 0 Å². The Labute approximate surface area is 237 Å². The minimum Gasteiger partial charge on any atom is -0.452 e. The maximum atomic E-state index is 13.6. The molecule has 2 N–H and O–H groups in total. The molecular formula is C28H47N5O7. The van der Waals surface area contributed by atoms with Gasteiger partial charge in [0, 0.05) is 27.2 Å². The molecule has 0 radical (unpaired) electrons. The molecule has 0 aromatic carbocycles. The molecule has 5 atom stereocenters. The molecule has 5 unspecified atom stereocenters. The van der Waals surface area contributed by atoms with Crippen molar-refractivity contribution in [2.24, 2.45) is 11.8 Å². The van der Waals surface area contributed by atoms with Crippen LogP contribution in [0.15, 0.2) is 0 Å². The molecule has 2 rings (SSSR count). The summed E-state index contributed by atoms with van der Waals surface area (Å²) in [6.07, 6.45) is 0.341. The summed E-state index contributed by atoms with van der Waals surface area (Å²) in [5.74, 6) is -3.11. The van der Waals surface area contributed by atoms with Gasteiger partial charge in [-0.1, -0.05) is 34.6 Å². The molecule has 2 heterocycles. The van der Waals surface area contributed by atoms with E-state index in [2.05, 4.69) is 10.6 Å². The lowest BCUT2D eigenvalue weighted by Gasteiger charge is -2.37. The minimum atomic E-state index is -1.07. The number of carbonyl (C=O) groups excluding carboxylic acids is 6. The third-order valence-corrected chi connectivity index (χ3v) is 7.68. The summed E-state index contributed by atoms with van der Waals surface area (Å²) < 4.78 is 5.56. The van der Waals surface area contributed by atoms with Crippen LogP contribution in [0.2, 0.25) is 0 Å². The van der Waals surface area contributed by atoms with Crippen molar-refractivity contribution in [1.82, 2.24) is 25.3 Å². The van der Waals surface area contributed by atoms with E-state index in [1.54, 1.807) is 27.7 Å². The number of amides is 5. The Morgan fingerprint density at radius 1 is 0.925 bits per heavy atom. The number of nitrogens with one attached hydrogen (secondary N) is 2. The topological polar surface area (TPSA) is 145 Å². The van der Waals surface area contributed by atoms with E-state index in [9.17, 15) is 28.8 Å². The zero-order valence-electron chi connectivity index (χ0n) is 25.2. The first-order chi connectivity index (χ1) is 18.7. The summed E-state index contributed by atoms with van der Waals surface area (Å²) in [5.41, 5.74) is 0. The zero-order chi connectivity index (χ0) is 30.3. The maximum absolute atomic E-state index is 13.6. The van der Waals surface area contributed by atoms with Crippen molar-refractivity contribution in [2.75, 3.05) is 27.2 Å². The first kappa shape index (κ1) is 33.0. The molecule has 2 aliphatic heterocycles. The normalized spacial score (nSPS) is 28.6. The largest absolute Gasteiger partial charge is 0.452 e. The average molecular weight is 566 g/mol. The van der Waals surface area contributed by atoms with Crippen molar-refractivity contribution >= 4 is 35.5 Å². The standard InChI is InChI=1S/C28H47N5O7/c1-9-19-26(37)32(8)23(17(4)5)28(39)31(7)18(6)24(35)29-13-12-22(34)40-21(15-16(2)3)27(38)33-14-10-11-20(33)25(36)30-19/h16-21,23H,9-15H2,1-8H3,(H,29,35)(H,30,36). The van der Waals surface area contributed by atoms with Gasteiger partial charge in [0.25, 0.3) is 5.91 Å². The van der Waals surface area contributed by atoms with Gasteiger partial charge in [-0.15, -0.1) is 0 Å². The third kappa shape index (κ3) is 7.94. The van der Waals surface area contributed by atoms with Gasteiger partial charge in [-0.05, 0) is 44.4 Å². The second-order valence-corrected chi connectivity index (χ2v) is 11.6. The maximum Gasteiger partial charge on any atom is 0.308 e. The van der Waals surface area contributed by atoms with Crippen LogP contribution in [0.1, 0.15) is 73.6 Å². The molecule has 0 aliphatic carbocycles. The highest BCUT2D eigenvalue weighted by molar-refractivity contribution is 5.96. The van der Waals surface area contributed by atoms with Gasteiger partial charge in [0.2, 0.25) is 23.6 Å².